The highest BCUT2D eigenvalue weighted by Crippen LogP contribution is 2.37. The first-order valence-corrected chi connectivity index (χ1v) is 13.3. The zero-order valence-corrected chi connectivity index (χ0v) is 21.2. The predicted molar refractivity (Wildman–Crippen MR) is 135 cm³/mol. The number of hydrogen-bond acceptors (Lipinski definition) is 4. The molecule has 2 aliphatic carbocycles. The van der Waals surface area contributed by atoms with Crippen molar-refractivity contribution in [3.8, 4) is 0 Å². The van der Waals surface area contributed by atoms with Gasteiger partial charge in [0.2, 0.25) is 5.91 Å². The quantitative estimate of drug-likeness (QED) is 0.491. The number of nitrogens with two attached hydrogens (primary N) is 1. The molecule has 2 fully saturated rings. The smallest absolute Gasteiger partial charge is 0.303 e. The number of carbonyl (C=O) groups is 3. The monoisotopic (exact) mass is 483 g/mol. The molecule has 35 heavy (non-hydrogen) atoms. The number of nitrogens with zero attached hydrogens (tertiary/aromatic N) is 1. The van der Waals surface area contributed by atoms with Crippen molar-refractivity contribution < 1.29 is 19.5 Å². The Morgan fingerprint density at radius 1 is 1.20 bits per heavy atom. The van der Waals surface area contributed by atoms with Gasteiger partial charge in [0, 0.05) is 30.6 Å². The van der Waals surface area contributed by atoms with E-state index in [2.05, 4.69) is 25.2 Å². The number of carboxylic acids is 1. The molecular formula is C28H41N3O4. The number of carbonyl (C=O) groups excluding carboxylic acids is 2. The number of benzene rings is 1. The number of fused-ring (bicyclic) bond motifs is 1. The van der Waals surface area contributed by atoms with Crippen molar-refractivity contribution in [2.75, 3.05) is 0 Å². The van der Waals surface area contributed by atoms with Gasteiger partial charge in [0.1, 0.15) is 6.04 Å². The SMILES string of the molecule is CC1(C)CCCC(N[C@H]2CCCC[C@@H]2Cc2ccc3c(c2)CN([C@@H](CCC(=O)O)C(N)=O)C3=O)C1. The molecule has 1 aromatic rings. The highest BCUT2D eigenvalue weighted by Gasteiger charge is 2.36. The molecule has 1 aliphatic heterocycles. The molecule has 0 spiro atoms. The Morgan fingerprint density at radius 2 is 1.97 bits per heavy atom. The Balaban J connectivity index is 1.43. The zero-order valence-electron chi connectivity index (χ0n) is 21.2. The van der Waals surface area contributed by atoms with Crippen molar-refractivity contribution in [2.45, 2.75) is 109 Å². The maximum Gasteiger partial charge on any atom is 0.303 e. The first-order chi connectivity index (χ1) is 16.6. The van der Waals surface area contributed by atoms with Gasteiger partial charge < -0.3 is 21.1 Å². The van der Waals surface area contributed by atoms with Gasteiger partial charge >= 0.3 is 5.97 Å². The van der Waals surface area contributed by atoms with Crippen LogP contribution in [0.1, 0.15) is 99.5 Å². The second kappa shape index (κ2) is 10.7. The van der Waals surface area contributed by atoms with Crippen LogP contribution in [-0.4, -0.2) is 45.9 Å². The lowest BCUT2D eigenvalue weighted by Crippen LogP contribution is -2.47. The summed E-state index contributed by atoms with van der Waals surface area (Å²) in [6, 6.07) is 6.26. The number of aliphatic carboxylic acids is 1. The van der Waals surface area contributed by atoms with E-state index < -0.39 is 17.9 Å². The summed E-state index contributed by atoms with van der Waals surface area (Å²) >= 11 is 0. The molecule has 192 valence electrons. The third-order valence-corrected chi connectivity index (χ3v) is 8.40. The first-order valence-electron chi connectivity index (χ1n) is 13.3. The molecule has 1 unspecified atom stereocenters. The van der Waals surface area contributed by atoms with Gasteiger partial charge in [0.05, 0.1) is 0 Å². The van der Waals surface area contributed by atoms with Gasteiger partial charge in [-0.1, -0.05) is 45.2 Å². The maximum absolute atomic E-state index is 13.0. The predicted octanol–water partition coefficient (Wildman–Crippen LogP) is 4.02. The number of hydrogen-bond donors (Lipinski definition) is 3. The standard InChI is InChI=1S/C28H41N3O4/c1-28(2)13-5-7-21(16-28)30-23-8-4-3-6-19(23)14-18-9-10-22-20(15-18)17-31(27(22)35)24(26(29)34)11-12-25(32)33/h9-10,15,19,21,23-24,30H,3-8,11-14,16-17H2,1-2H3,(H2,29,34)(H,32,33)/t19-,21?,23+,24+/m1/s1. The third kappa shape index (κ3) is 6.24. The second-order valence-electron chi connectivity index (χ2n) is 11.8. The van der Waals surface area contributed by atoms with E-state index in [1.54, 1.807) is 0 Å². The molecule has 0 aromatic heterocycles. The van der Waals surface area contributed by atoms with Gasteiger partial charge in [0.25, 0.3) is 5.91 Å². The zero-order chi connectivity index (χ0) is 25.2. The largest absolute Gasteiger partial charge is 0.481 e. The molecule has 7 nitrogen and oxygen atoms in total. The van der Waals surface area contributed by atoms with E-state index >= 15 is 0 Å². The summed E-state index contributed by atoms with van der Waals surface area (Å²) in [4.78, 5) is 37.4. The molecule has 2 amide bonds. The van der Waals surface area contributed by atoms with Crippen LogP contribution < -0.4 is 11.1 Å². The van der Waals surface area contributed by atoms with Crippen LogP contribution >= 0.6 is 0 Å². The Bertz CT molecular complexity index is 960. The van der Waals surface area contributed by atoms with E-state index in [0.29, 0.717) is 35.5 Å². The lowest BCUT2D eigenvalue weighted by Gasteiger charge is -2.41. The molecule has 1 aromatic carbocycles. The average molecular weight is 484 g/mol. The summed E-state index contributed by atoms with van der Waals surface area (Å²) in [7, 11) is 0. The first kappa shape index (κ1) is 25.7. The fourth-order valence-electron chi connectivity index (χ4n) is 6.60. The Morgan fingerprint density at radius 3 is 2.69 bits per heavy atom. The minimum Gasteiger partial charge on any atom is -0.481 e. The van der Waals surface area contributed by atoms with E-state index in [0.717, 1.165) is 12.0 Å². The number of nitrogens with one attached hydrogen (secondary N) is 1. The molecule has 0 radical (unpaired) electrons. The lowest BCUT2D eigenvalue weighted by atomic mass is 9.74. The summed E-state index contributed by atoms with van der Waals surface area (Å²) in [6.07, 6.45) is 10.9. The van der Waals surface area contributed by atoms with E-state index in [1.165, 1.54) is 61.8 Å². The molecular weight excluding hydrogens is 442 g/mol. The Kier molecular flexibility index (Phi) is 7.84. The number of carboxylic acid groups (broad SMARTS) is 1. The molecule has 4 rings (SSSR count). The second-order valence-corrected chi connectivity index (χ2v) is 11.8. The normalized spacial score (nSPS) is 26.9. The number of amides is 2. The molecule has 0 saturated heterocycles. The molecule has 4 N–H and O–H groups in total. The fraction of sp³-hybridized carbons (Fsp3) is 0.679. The van der Waals surface area contributed by atoms with E-state index in [-0.39, 0.29) is 18.7 Å². The van der Waals surface area contributed by atoms with Crippen molar-refractivity contribution in [3.63, 3.8) is 0 Å². The van der Waals surface area contributed by atoms with Crippen LogP contribution in [0, 0.1) is 11.3 Å². The number of rotatable bonds is 9. The topological polar surface area (TPSA) is 113 Å². The van der Waals surface area contributed by atoms with E-state index in [9.17, 15) is 14.4 Å². The lowest BCUT2D eigenvalue weighted by molar-refractivity contribution is -0.137. The van der Waals surface area contributed by atoms with Crippen LogP contribution in [0.4, 0.5) is 0 Å². The van der Waals surface area contributed by atoms with Crippen LogP contribution in [0.2, 0.25) is 0 Å². The maximum atomic E-state index is 13.0. The van der Waals surface area contributed by atoms with Gasteiger partial charge in [-0.3, -0.25) is 14.4 Å². The van der Waals surface area contributed by atoms with Crippen LogP contribution in [0.25, 0.3) is 0 Å². The van der Waals surface area contributed by atoms with Crippen LogP contribution in [0.3, 0.4) is 0 Å². The fourth-order valence-corrected chi connectivity index (χ4v) is 6.60. The number of primary amides is 1. The molecule has 3 aliphatic rings. The van der Waals surface area contributed by atoms with Crippen molar-refractivity contribution in [1.29, 1.82) is 0 Å². The highest BCUT2D eigenvalue weighted by atomic mass is 16.4. The van der Waals surface area contributed by atoms with Crippen LogP contribution in [0.5, 0.6) is 0 Å². The average Bonchev–Trinajstić information content (AvgIpc) is 3.10. The summed E-state index contributed by atoms with van der Waals surface area (Å²) in [6.45, 7) is 5.08. The minimum absolute atomic E-state index is 0.0324. The molecule has 2 saturated carbocycles. The van der Waals surface area contributed by atoms with E-state index in [4.69, 9.17) is 10.8 Å². The van der Waals surface area contributed by atoms with Crippen molar-refractivity contribution >= 4 is 17.8 Å². The van der Waals surface area contributed by atoms with Crippen molar-refractivity contribution in [3.05, 3.63) is 34.9 Å². The summed E-state index contributed by atoms with van der Waals surface area (Å²) in [5.74, 6) is -1.32. The molecule has 0 bridgehead atoms. The molecule has 7 heteroatoms. The van der Waals surface area contributed by atoms with Gasteiger partial charge in [-0.05, 0) is 73.5 Å². The highest BCUT2D eigenvalue weighted by molar-refractivity contribution is 6.01. The summed E-state index contributed by atoms with van der Waals surface area (Å²) < 4.78 is 0. The summed E-state index contributed by atoms with van der Waals surface area (Å²) in [5, 5.41) is 13.0. The van der Waals surface area contributed by atoms with Crippen molar-refractivity contribution in [2.24, 2.45) is 17.1 Å². The van der Waals surface area contributed by atoms with Gasteiger partial charge in [0.15, 0.2) is 0 Å². The molecule has 1 heterocycles. The van der Waals surface area contributed by atoms with Gasteiger partial charge in [-0.15, -0.1) is 0 Å². The Hall–Kier alpha value is -2.41. The van der Waals surface area contributed by atoms with Crippen LogP contribution in [0.15, 0.2) is 18.2 Å². The Labute approximate surface area is 208 Å². The third-order valence-electron chi connectivity index (χ3n) is 8.40. The minimum atomic E-state index is -1.00. The molecule has 4 atom stereocenters. The summed E-state index contributed by atoms with van der Waals surface area (Å²) in [5.41, 5.74) is 8.68. The van der Waals surface area contributed by atoms with Gasteiger partial charge in [-0.25, -0.2) is 0 Å². The van der Waals surface area contributed by atoms with Crippen LogP contribution in [-0.2, 0) is 22.6 Å². The van der Waals surface area contributed by atoms with E-state index in [1.807, 2.05) is 12.1 Å². The van der Waals surface area contributed by atoms with Gasteiger partial charge in [-0.2, -0.15) is 0 Å². The van der Waals surface area contributed by atoms with Crippen molar-refractivity contribution in [1.82, 2.24) is 10.2 Å².